The molecule has 0 amide bonds. The Kier molecular flexibility index (Phi) is 2.38. The van der Waals surface area contributed by atoms with Crippen molar-refractivity contribution in [3.63, 3.8) is 0 Å². The molecule has 0 atom stereocenters. The maximum atomic E-state index is 4.82. The van der Waals surface area contributed by atoms with Gasteiger partial charge in [0.2, 0.25) is 0 Å². The van der Waals surface area contributed by atoms with Gasteiger partial charge in [-0.2, -0.15) is 0 Å². The molecule has 0 aliphatic rings. The fourth-order valence-electron chi connectivity index (χ4n) is 0.968. The number of oxazole rings is 2. The molecule has 0 saturated heterocycles. The van der Waals surface area contributed by atoms with Gasteiger partial charge < -0.3 is 14.2 Å². The normalized spacial score (nSPS) is 10.5. The number of nitrogens with zero attached hydrogens (tertiary/aromatic N) is 2. The van der Waals surface area contributed by atoms with E-state index in [4.69, 9.17) is 8.83 Å². The van der Waals surface area contributed by atoms with E-state index in [9.17, 15) is 0 Å². The lowest BCUT2D eigenvalue weighted by Gasteiger charge is -1.96. The Bertz CT molecular complexity index is 294. The summed E-state index contributed by atoms with van der Waals surface area (Å²) in [5.74, 6) is 0. The van der Waals surface area contributed by atoms with E-state index in [-0.39, 0.29) is 0 Å². The molecule has 0 fully saturated rings. The van der Waals surface area contributed by atoms with Gasteiger partial charge in [0.1, 0.15) is 12.5 Å². The summed E-state index contributed by atoms with van der Waals surface area (Å²) in [5, 5.41) is 3.15. The lowest BCUT2D eigenvalue weighted by atomic mass is 10.4. The van der Waals surface area contributed by atoms with Gasteiger partial charge >= 0.3 is 0 Å². The number of hydrogen-bond acceptors (Lipinski definition) is 5. The molecule has 68 valence electrons. The minimum Gasteiger partial charge on any atom is -0.451 e. The predicted molar refractivity (Wildman–Crippen MR) is 43.5 cm³/mol. The molecule has 0 aliphatic heterocycles. The molecule has 0 spiro atoms. The van der Waals surface area contributed by atoms with Gasteiger partial charge in [0.15, 0.2) is 12.8 Å². The van der Waals surface area contributed by atoms with Crippen molar-refractivity contribution in [1.29, 1.82) is 0 Å². The average Bonchev–Trinajstić information content (AvgIpc) is 2.75. The van der Waals surface area contributed by atoms with Gasteiger partial charge in [0.25, 0.3) is 0 Å². The fourth-order valence-corrected chi connectivity index (χ4v) is 0.968. The van der Waals surface area contributed by atoms with Gasteiger partial charge in [0, 0.05) is 13.1 Å². The van der Waals surface area contributed by atoms with Crippen LogP contribution in [0.2, 0.25) is 0 Å². The predicted octanol–water partition coefficient (Wildman–Crippen LogP) is 0.952. The van der Waals surface area contributed by atoms with E-state index in [2.05, 4.69) is 15.3 Å². The van der Waals surface area contributed by atoms with Crippen molar-refractivity contribution < 1.29 is 8.83 Å². The van der Waals surface area contributed by atoms with Crippen molar-refractivity contribution in [3.05, 3.63) is 36.7 Å². The van der Waals surface area contributed by atoms with E-state index in [0.717, 1.165) is 11.4 Å². The van der Waals surface area contributed by atoms with Crippen LogP contribution in [0.3, 0.4) is 0 Å². The number of rotatable bonds is 4. The van der Waals surface area contributed by atoms with Gasteiger partial charge in [-0.15, -0.1) is 0 Å². The number of nitrogens with one attached hydrogen (secondary N) is 1. The summed E-state index contributed by atoms with van der Waals surface area (Å²) < 4.78 is 9.63. The number of hydrogen-bond donors (Lipinski definition) is 1. The molecule has 13 heavy (non-hydrogen) atoms. The van der Waals surface area contributed by atoms with E-state index in [1.165, 1.54) is 12.8 Å². The maximum absolute atomic E-state index is 4.82. The third-order valence-corrected chi connectivity index (χ3v) is 1.58. The summed E-state index contributed by atoms with van der Waals surface area (Å²) in [6, 6.07) is 0. The SMILES string of the molecule is c1nc(CNCc2cocn2)co1. The lowest BCUT2D eigenvalue weighted by Crippen LogP contribution is -2.12. The molecule has 2 rings (SSSR count). The Balaban J connectivity index is 1.76. The summed E-state index contributed by atoms with van der Waals surface area (Å²) in [7, 11) is 0. The molecular weight excluding hydrogens is 170 g/mol. The molecule has 1 N–H and O–H groups in total. The average molecular weight is 179 g/mol. The first kappa shape index (κ1) is 8.00. The quantitative estimate of drug-likeness (QED) is 0.757. The van der Waals surface area contributed by atoms with Crippen molar-refractivity contribution >= 4 is 0 Å². The molecule has 2 aromatic heterocycles. The van der Waals surface area contributed by atoms with Crippen LogP contribution < -0.4 is 5.32 Å². The van der Waals surface area contributed by atoms with Crippen LogP contribution in [-0.2, 0) is 13.1 Å². The highest BCUT2D eigenvalue weighted by Crippen LogP contribution is 1.96. The van der Waals surface area contributed by atoms with Gasteiger partial charge in [0.05, 0.1) is 11.4 Å². The highest BCUT2D eigenvalue weighted by molar-refractivity contribution is 4.93. The first-order chi connectivity index (χ1) is 6.45. The molecule has 5 nitrogen and oxygen atoms in total. The van der Waals surface area contributed by atoms with Crippen LogP contribution >= 0.6 is 0 Å². The summed E-state index contributed by atoms with van der Waals surface area (Å²) in [6.45, 7) is 1.34. The van der Waals surface area contributed by atoms with Crippen LogP contribution in [0.5, 0.6) is 0 Å². The Morgan fingerprint density at radius 2 is 1.54 bits per heavy atom. The van der Waals surface area contributed by atoms with Crippen molar-refractivity contribution in [1.82, 2.24) is 15.3 Å². The third kappa shape index (κ3) is 2.16. The molecule has 0 aliphatic carbocycles. The van der Waals surface area contributed by atoms with E-state index >= 15 is 0 Å². The van der Waals surface area contributed by atoms with Gasteiger partial charge in [-0.3, -0.25) is 0 Å². The molecule has 0 unspecified atom stereocenters. The summed E-state index contributed by atoms with van der Waals surface area (Å²) in [5.41, 5.74) is 1.76. The van der Waals surface area contributed by atoms with Crippen molar-refractivity contribution in [2.45, 2.75) is 13.1 Å². The van der Waals surface area contributed by atoms with Gasteiger partial charge in [-0.25, -0.2) is 9.97 Å². The Morgan fingerprint density at radius 1 is 1.00 bits per heavy atom. The molecule has 0 bridgehead atoms. The monoisotopic (exact) mass is 179 g/mol. The standard InChI is InChI=1S/C8H9N3O2/c1(7-3-12-5-10-7)9-2-8-4-13-6-11-8/h3-6,9H,1-2H2. The smallest absolute Gasteiger partial charge is 0.180 e. The molecule has 2 aromatic rings. The summed E-state index contributed by atoms with van der Waals surface area (Å²) in [6.07, 6.45) is 6.03. The highest BCUT2D eigenvalue weighted by Gasteiger charge is 1.97. The second-order valence-corrected chi connectivity index (χ2v) is 2.56. The first-order valence-electron chi connectivity index (χ1n) is 3.90. The van der Waals surface area contributed by atoms with E-state index in [1.54, 1.807) is 12.5 Å². The van der Waals surface area contributed by atoms with Crippen LogP contribution in [0.1, 0.15) is 11.4 Å². The summed E-state index contributed by atoms with van der Waals surface area (Å²) >= 11 is 0. The zero-order valence-corrected chi connectivity index (χ0v) is 6.93. The third-order valence-electron chi connectivity index (χ3n) is 1.58. The molecule has 0 radical (unpaired) electrons. The maximum Gasteiger partial charge on any atom is 0.180 e. The summed E-state index contributed by atoms with van der Waals surface area (Å²) in [4.78, 5) is 7.92. The second-order valence-electron chi connectivity index (χ2n) is 2.56. The second kappa shape index (κ2) is 3.86. The minimum atomic E-state index is 0.670. The van der Waals surface area contributed by atoms with Crippen molar-refractivity contribution in [3.8, 4) is 0 Å². The van der Waals surface area contributed by atoms with Crippen LogP contribution in [0.25, 0.3) is 0 Å². The molecule has 0 saturated carbocycles. The van der Waals surface area contributed by atoms with Crippen LogP contribution in [0.15, 0.2) is 34.1 Å². The molecule has 0 aromatic carbocycles. The Morgan fingerprint density at radius 3 is 1.92 bits per heavy atom. The largest absolute Gasteiger partial charge is 0.451 e. The van der Waals surface area contributed by atoms with Crippen molar-refractivity contribution in [2.24, 2.45) is 0 Å². The van der Waals surface area contributed by atoms with Crippen molar-refractivity contribution in [2.75, 3.05) is 0 Å². The molecule has 5 heteroatoms. The molecular formula is C8H9N3O2. The Hall–Kier alpha value is -1.62. The van der Waals surface area contributed by atoms with E-state index < -0.39 is 0 Å². The van der Waals surface area contributed by atoms with E-state index in [1.807, 2.05) is 0 Å². The van der Waals surface area contributed by atoms with Gasteiger partial charge in [-0.05, 0) is 0 Å². The Labute approximate surface area is 74.8 Å². The van der Waals surface area contributed by atoms with Crippen LogP contribution in [0, 0.1) is 0 Å². The number of aromatic nitrogens is 2. The minimum absolute atomic E-state index is 0.670. The zero-order chi connectivity index (χ0) is 8.93. The zero-order valence-electron chi connectivity index (χ0n) is 6.93. The van der Waals surface area contributed by atoms with Crippen LogP contribution in [-0.4, -0.2) is 9.97 Å². The first-order valence-corrected chi connectivity index (χ1v) is 3.90. The van der Waals surface area contributed by atoms with E-state index in [0.29, 0.717) is 13.1 Å². The topological polar surface area (TPSA) is 64.1 Å². The lowest BCUT2D eigenvalue weighted by molar-refractivity contribution is 0.552. The van der Waals surface area contributed by atoms with Gasteiger partial charge in [-0.1, -0.05) is 0 Å². The fraction of sp³-hybridized carbons (Fsp3) is 0.250. The highest BCUT2D eigenvalue weighted by atomic mass is 16.3. The van der Waals surface area contributed by atoms with Crippen LogP contribution in [0.4, 0.5) is 0 Å². The molecule has 2 heterocycles.